The molecule has 0 aromatic rings. The predicted octanol–water partition coefficient (Wildman–Crippen LogP) is 3.25. The fraction of sp³-hybridized carbons (Fsp3) is 0.913. The first-order valence-electron chi connectivity index (χ1n) is 12.3. The molecule has 0 radical (unpaired) electrons. The van der Waals surface area contributed by atoms with Gasteiger partial charge in [-0.25, -0.2) is 4.79 Å². The van der Waals surface area contributed by atoms with Crippen LogP contribution in [0.15, 0.2) is 0 Å². The van der Waals surface area contributed by atoms with Crippen LogP contribution in [-0.4, -0.2) is 88.4 Å². The molecular formula is C23H47N3O5S. The molecule has 3 amide bonds. The molecule has 9 heteroatoms. The largest absolute Gasteiger partial charge is 0.377 e. The smallest absolute Gasteiger partial charge is 0.317 e. The molecule has 0 rings (SSSR count). The second kappa shape index (κ2) is 24.6. The zero-order valence-corrected chi connectivity index (χ0v) is 21.3. The quantitative estimate of drug-likeness (QED) is 0.155. The average molecular weight is 478 g/mol. The lowest BCUT2D eigenvalue weighted by Crippen LogP contribution is -2.41. The molecule has 0 heterocycles. The van der Waals surface area contributed by atoms with Crippen LogP contribution in [0, 0.1) is 0 Å². The van der Waals surface area contributed by atoms with E-state index in [9.17, 15) is 9.59 Å². The van der Waals surface area contributed by atoms with Gasteiger partial charge in [-0.3, -0.25) is 4.79 Å². The van der Waals surface area contributed by atoms with E-state index in [0.717, 1.165) is 31.7 Å². The van der Waals surface area contributed by atoms with Crippen molar-refractivity contribution in [2.24, 2.45) is 0 Å². The molecule has 0 aromatic heterocycles. The summed E-state index contributed by atoms with van der Waals surface area (Å²) >= 11 is 4.08. The summed E-state index contributed by atoms with van der Waals surface area (Å²) in [4.78, 5) is 25.4. The summed E-state index contributed by atoms with van der Waals surface area (Å²) in [5.41, 5.74) is 0. The molecule has 0 aromatic carbocycles. The molecule has 0 saturated carbocycles. The number of carbonyl (C=O) groups is 2. The van der Waals surface area contributed by atoms with Gasteiger partial charge in [0.2, 0.25) is 5.91 Å². The van der Waals surface area contributed by atoms with Crippen LogP contribution in [-0.2, 0) is 19.0 Å². The van der Waals surface area contributed by atoms with Crippen molar-refractivity contribution in [1.29, 1.82) is 0 Å². The van der Waals surface area contributed by atoms with Gasteiger partial charge in [-0.2, -0.15) is 12.6 Å². The Hall–Kier alpha value is -1.03. The molecule has 0 atom stereocenters. The van der Waals surface area contributed by atoms with Gasteiger partial charge in [-0.1, -0.05) is 39.0 Å². The van der Waals surface area contributed by atoms with Crippen LogP contribution in [0.1, 0.15) is 65.2 Å². The van der Waals surface area contributed by atoms with Crippen LogP contribution in [0.4, 0.5) is 4.79 Å². The number of amides is 3. The lowest BCUT2D eigenvalue weighted by atomic mass is 10.1. The highest BCUT2D eigenvalue weighted by atomic mass is 32.1. The topological polar surface area (TPSA) is 89.1 Å². The number of nitrogens with one attached hydrogen (secondary N) is 2. The number of thiol groups is 1. The minimum absolute atomic E-state index is 0.0176. The molecule has 2 N–H and O–H groups in total. The standard InChI is InChI=1S/C23H47N3O5S/c1-3-5-6-7-8-9-14-26(4-2)23(28)25-13-16-30-18-20-31-19-17-29-15-12-24-22(27)11-10-21-32/h32H,3-21H2,1-2H3,(H,24,27)(H,25,28). The van der Waals surface area contributed by atoms with Crippen molar-refractivity contribution in [3.05, 3.63) is 0 Å². The van der Waals surface area contributed by atoms with Crippen LogP contribution in [0.2, 0.25) is 0 Å². The number of hydrogen-bond acceptors (Lipinski definition) is 6. The summed E-state index contributed by atoms with van der Waals surface area (Å²) in [7, 11) is 0. The highest BCUT2D eigenvalue weighted by Crippen LogP contribution is 2.06. The lowest BCUT2D eigenvalue weighted by molar-refractivity contribution is -0.121. The minimum atomic E-state index is -0.0176. The lowest BCUT2D eigenvalue weighted by Gasteiger charge is -2.21. The van der Waals surface area contributed by atoms with E-state index in [4.69, 9.17) is 14.2 Å². The number of ether oxygens (including phenoxy) is 3. The van der Waals surface area contributed by atoms with E-state index >= 15 is 0 Å². The summed E-state index contributed by atoms with van der Waals surface area (Å²) in [5.74, 6) is 0.753. The van der Waals surface area contributed by atoms with Gasteiger partial charge in [0.25, 0.3) is 0 Å². The van der Waals surface area contributed by atoms with E-state index in [-0.39, 0.29) is 11.9 Å². The fourth-order valence-electron chi connectivity index (χ4n) is 2.96. The second-order valence-electron chi connectivity index (χ2n) is 7.59. The Morgan fingerprint density at radius 2 is 1.31 bits per heavy atom. The van der Waals surface area contributed by atoms with Gasteiger partial charge in [0.05, 0.1) is 39.6 Å². The van der Waals surface area contributed by atoms with Crippen molar-refractivity contribution >= 4 is 24.6 Å². The fourth-order valence-corrected chi connectivity index (χ4v) is 3.12. The highest BCUT2D eigenvalue weighted by molar-refractivity contribution is 7.80. The molecule has 32 heavy (non-hydrogen) atoms. The molecule has 0 spiro atoms. The summed E-state index contributed by atoms with van der Waals surface area (Å²) in [6.07, 6.45) is 8.64. The first kappa shape index (κ1) is 31.0. The number of hydrogen-bond donors (Lipinski definition) is 3. The normalized spacial score (nSPS) is 10.8. The maximum atomic E-state index is 12.2. The van der Waals surface area contributed by atoms with Gasteiger partial charge in [0.15, 0.2) is 0 Å². The first-order chi connectivity index (χ1) is 15.7. The molecular weight excluding hydrogens is 430 g/mol. The summed E-state index contributed by atoms with van der Waals surface area (Å²) in [5, 5.41) is 5.71. The summed E-state index contributed by atoms with van der Waals surface area (Å²) in [6.45, 7) is 9.63. The summed E-state index contributed by atoms with van der Waals surface area (Å²) in [6, 6.07) is -0.0176. The van der Waals surface area contributed by atoms with E-state index in [1.54, 1.807) is 0 Å². The number of nitrogens with zero attached hydrogens (tertiary/aromatic N) is 1. The van der Waals surface area contributed by atoms with Crippen molar-refractivity contribution in [2.45, 2.75) is 65.2 Å². The van der Waals surface area contributed by atoms with E-state index < -0.39 is 0 Å². The van der Waals surface area contributed by atoms with Gasteiger partial charge in [0, 0.05) is 32.6 Å². The van der Waals surface area contributed by atoms with Gasteiger partial charge < -0.3 is 29.7 Å². The first-order valence-corrected chi connectivity index (χ1v) is 12.9. The minimum Gasteiger partial charge on any atom is -0.377 e. The maximum Gasteiger partial charge on any atom is 0.317 e. The Labute approximate surface area is 200 Å². The SMILES string of the molecule is CCCCCCCCN(CC)C(=O)NCCOCCOCCOCCNC(=O)CCCS. The Kier molecular flexibility index (Phi) is 23.8. The van der Waals surface area contributed by atoms with Crippen molar-refractivity contribution in [3.8, 4) is 0 Å². The monoisotopic (exact) mass is 477 g/mol. The molecule has 0 saturated heterocycles. The average Bonchev–Trinajstić information content (AvgIpc) is 2.80. The third-order valence-corrected chi connectivity index (χ3v) is 5.16. The Bertz CT molecular complexity index is 444. The Morgan fingerprint density at radius 3 is 1.91 bits per heavy atom. The molecule has 0 aliphatic carbocycles. The van der Waals surface area contributed by atoms with Crippen molar-refractivity contribution in [1.82, 2.24) is 15.5 Å². The zero-order valence-electron chi connectivity index (χ0n) is 20.4. The molecule has 0 bridgehead atoms. The van der Waals surface area contributed by atoms with E-state index in [1.165, 1.54) is 32.1 Å². The highest BCUT2D eigenvalue weighted by Gasteiger charge is 2.09. The maximum absolute atomic E-state index is 12.2. The molecule has 8 nitrogen and oxygen atoms in total. The van der Waals surface area contributed by atoms with Crippen LogP contribution < -0.4 is 10.6 Å². The molecule has 0 fully saturated rings. The van der Waals surface area contributed by atoms with Gasteiger partial charge >= 0.3 is 6.03 Å². The van der Waals surface area contributed by atoms with Crippen LogP contribution in [0.5, 0.6) is 0 Å². The number of unbranched alkanes of at least 4 members (excludes halogenated alkanes) is 5. The van der Waals surface area contributed by atoms with Crippen molar-refractivity contribution < 1.29 is 23.8 Å². The van der Waals surface area contributed by atoms with Crippen LogP contribution in [0.25, 0.3) is 0 Å². The zero-order chi connectivity index (χ0) is 23.7. The molecule has 0 unspecified atom stereocenters. The van der Waals surface area contributed by atoms with E-state index in [0.29, 0.717) is 59.2 Å². The van der Waals surface area contributed by atoms with Crippen molar-refractivity contribution in [2.75, 3.05) is 71.6 Å². The van der Waals surface area contributed by atoms with Crippen LogP contribution >= 0.6 is 12.6 Å². The third kappa shape index (κ3) is 20.8. The van der Waals surface area contributed by atoms with Gasteiger partial charge in [0.1, 0.15) is 0 Å². The van der Waals surface area contributed by atoms with Gasteiger partial charge in [-0.15, -0.1) is 0 Å². The Morgan fingerprint density at radius 1 is 0.750 bits per heavy atom. The molecule has 0 aliphatic rings. The molecule has 190 valence electrons. The van der Waals surface area contributed by atoms with Crippen molar-refractivity contribution in [3.63, 3.8) is 0 Å². The number of carbonyl (C=O) groups excluding carboxylic acids is 2. The second-order valence-corrected chi connectivity index (χ2v) is 8.04. The predicted molar refractivity (Wildman–Crippen MR) is 133 cm³/mol. The molecule has 0 aliphatic heterocycles. The van der Waals surface area contributed by atoms with E-state index in [1.807, 2.05) is 11.8 Å². The Balaban J connectivity index is 3.42. The summed E-state index contributed by atoms with van der Waals surface area (Å²) < 4.78 is 16.3. The third-order valence-electron chi connectivity index (χ3n) is 4.85. The van der Waals surface area contributed by atoms with E-state index in [2.05, 4.69) is 30.2 Å². The van der Waals surface area contributed by atoms with Crippen LogP contribution in [0.3, 0.4) is 0 Å². The van der Waals surface area contributed by atoms with Gasteiger partial charge in [-0.05, 0) is 25.5 Å². The number of rotatable bonds is 23. The number of urea groups is 1.